The summed E-state index contributed by atoms with van der Waals surface area (Å²) in [6, 6.07) is 0. The standard InChI is InChI=1S/C4H12Cl2N2Si/c1-8(2)4-3-7-9(5)6/h7,9H,3-4H2,1-2H3. The van der Waals surface area contributed by atoms with Crippen molar-refractivity contribution in [3.8, 4) is 0 Å². The quantitative estimate of drug-likeness (QED) is 0.504. The van der Waals surface area contributed by atoms with Crippen molar-refractivity contribution in [3.63, 3.8) is 0 Å². The molecular formula is C4H12Cl2N2Si. The predicted molar refractivity (Wildman–Crippen MR) is 45.4 cm³/mol. The molecule has 0 heterocycles. The van der Waals surface area contributed by atoms with Crippen molar-refractivity contribution >= 4 is 29.7 Å². The highest BCUT2D eigenvalue weighted by molar-refractivity contribution is 7.32. The monoisotopic (exact) mass is 186 g/mol. The van der Waals surface area contributed by atoms with Gasteiger partial charge in [0.05, 0.1) is 0 Å². The van der Waals surface area contributed by atoms with Crippen LogP contribution in [0.2, 0.25) is 0 Å². The van der Waals surface area contributed by atoms with Gasteiger partial charge in [-0.05, 0) is 14.1 Å². The van der Waals surface area contributed by atoms with Crippen molar-refractivity contribution < 1.29 is 0 Å². The van der Waals surface area contributed by atoms with Gasteiger partial charge in [-0.25, -0.2) is 0 Å². The molecule has 0 aromatic heterocycles. The summed E-state index contributed by atoms with van der Waals surface area (Å²) in [5.74, 6) is 0. The van der Waals surface area contributed by atoms with Crippen LogP contribution in [0.25, 0.3) is 0 Å². The van der Waals surface area contributed by atoms with Crippen LogP contribution in [0.3, 0.4) is 0 Å². The third kappa shape index (κ3) is 8.72. The Morgan fingerprint density at radius 1 is 1.44 bits per heavy atom. The normalized spacial score (nSPS) is 11.3. The molecular weight excluding hydrogens is 175 g/mol. The minimum Gasteiger partial charge on any atom is -0.315 e. The minimum absolute atomic E-state index is 0.886. The molecule has 0 radical (unpaired) electrons. The van der Waals surface area contributed by atoms with Crippen molar-refractivity contribution in [2.45, 2.75) is 0 Å². The smallest absolute Gasteiger partial charge is 0.306 e. The third-order valence-corrected chi connectivity index (χ3v) is 2.38. The largest absolute Gasteiger partial charge is 0.315 e. The van der Waals surface area contributed by atoms with E-state index in [1.807, 2.05) is 14.1 Å². The number of hydrogen-bond acceptors (Lipinski definition) is 2. The second kappa shape index (κ2) is 5.50. The molecule has 0 saturated heterocycles. The summed E-state index contributed by atoms with van der Waals surface area (Å²) in [6.07, 6.45) is 0. The Kier molecular flexibility index (Phi) is 5.94. The molecule has 5 heteroatoms. The molecule has 0 aromatic carbocycles. The van der Waals surface area contributed by atoms with Gasteiger partial charge >= 0.3 is 7.58 Å². The molecule has 0 aliphatic rings. The third-order valence-electron chi connectivity index (χ3n) is 0.858. The lowest BCUT2D eigenvalue weighted by Gasteiger charge is -2.09. The van der Waals surface area contributed by atoms with Gasteiger partial charge in [0.25, 0.3) is 0 Å². The summed E-state index contributed by atoms with van der Waals surface area (Å²) < 4.78 is 0. The highest BCUT2D eigenvalue weighted by Crippen LogP contribution is 1.87. The van der Waals surface area contributed by atoms with Crippen LogP contribution < -0.4 is 4.98 Å². The maximum absolute atomic E-state index is 5.54. The van der Waals surface area contributed by atoms with Crippen LogP contribution in [0, 0.1) is 0 Å². The Morgan fingerprint density at radius 3 is 2.33 bits per heavy atom. The number of nitrogens with zero attached hydrogens (tertiary/aromatic N) is 1. The van der Waals surface area contributed by atoms with Gasteiger partial charge in [0, 0.05) is 13.1 Å². The van der Waals surface area contributed by atoms with E-state index in [2.05, 4.69) is 9.88 Å². The van der Waals surface area contributed by atoms with E-state index in [0.29, 0.717) is 0 Å². The van der Waals surface area contributed by atoms with Gasteiger partial charge in [0.2, 0.25) is 0 Å². The number of rotatable bonds is 4. The second-order valence-electron chi connectivity index (χ2n) is 2.06. The van der Waals surface area contributed by atoms with Gasteiger partial charge in [-0.2, -0.15) is 0 Å². The van der Waals surface area contributed by atoms with E-state index in [9.17, 15) is 0 Å². The first-order valence-corrected chi connectivity index (χ1v) is 6.86. The first-order valence-electron chi connectivity index (χ1n) is 2.79. The topological polar surface area (TPSA) is 15.3 Å². The summed E-state index contributed by atoms with van der Waals surface area (Å²) in [5, 5.41) is 0. The summed E-state index contributed by atoms with van der Waals surface area (Å²) in [7, 11) is 2.47. The molecule has 0 spiro atoms. The number of hydrogen-bond donors (Lipinski definition) is 1. The summed E-state index contributed by atoms with van der Waals surface area (Å²) in [5.41, 5.74) is 0. The van der Waals surface area contributed by atoms with Crippen molar-refractivity contribution in [2.24, 2.45) is 0 Å². The first kappa shape index (κ1) is 9.72. The van der Waals surface area contributed by atoms with Gasteiger partial charge in [0.15, 0.2) is 0 Å². The lowest BCUT2D eigenvalue weighted by molar-refractivity contribution is 0.414. The van der Waals surface area contributed by atoms with Gasteiger partial charge in [-0.1, -0.05) is 0 Å². The van der Waals surface area contributed by atoms with E-state index in [1.54, 1.807) is 0 Å². The summed E-state index contributed by atoms with van der Waals surface area (Å²) >= 11 is 11.1. The molecule has 0 aliphatic carbocycles. The highest BCUT2D eigenvalue weighted by atomic mass is 35.7. The van der Waals surface area contributed by atoms with Crippen LogP contribution in [0.5, 0.6) is 0 Å². The maximum Gasteiger partial charge on any atom is 0.306 e. The Bertz CT molecular complexity index is 61.6. The van der Waals surface area contributed by atoms with Crippen molar-refractivity contribution in [2.75, 3.05) is 27.2 Å². The molecule has 0 fully saturated rings. The van der Waals surface area contributed by atoms with E-state index in [1.165, 1.54) is 0 Å². The Hall–Kier alpha value is 0.717. The fraction of sp³-hybridized carbons (Fsp3) is 1.00. The van der Waals surface area contributed by atoms with Crippen LogP contribution in [-0.2, 0) is 0 Å². The molecule has 0 rings (SSSR count). The van der Waals surface area contributed by atoms with E-state index in [0.717, 1.165) is 13.1 Å². The minimum atomic E-state index is -1.56. The Labute approximate surface area is 67.2 Å². The number of likely N-dealkylation sites (N-methyl/N-ethyl adjacent to an activating group) is 1. The molecule has 1 N–H and O–H groups in total. The van der Waals surface area contributed by atoms with Gasteiger partial charge in [-0.15, -0.1) is 22.2 Å². The maximum atomic E-state index is 5.54. The molecule has 0 saturated carbocycles. The van der Waals surface area contributed by atoms with Crippen LogP contribution in [0.1, 0.15) is 0 Å². The molecule has 56 valence electrons. The molecule has 9 heavy (non-hydrogen) atoms. The lowest BCUT2D eigenvalue weighted by atomic mass is 10.6. The molecule has 0 bridgehead atoms. The van der Waals surface area contributed by atoms with Crippen molar-refractivity contribution in [1.82, 2.24) is 9.88 Å². The number of halogens is 2. The van der Waals surface area contributed by atoms with Gasteiger partial charge in [0.1, 0.15) is 0 Å². The van der Waals surface area contributed by atoms with Crippen LogP contribution in [-0.4, -0.2) is 39.7 Å². The van der Waals surface area contributed by atoms with Crippen molar-refractivity contribution in [3.05, 3.63) is 0 Å². The zero-order valence-corrected chi connectivity index (χ0v) is 8.36. The average Bonchev–Trinajstić information content (AvgIpc) is 1.63. The predicted octanol–water partition coefficient (Wildman–Crippen LogP) is 0.332. The zero-order chi connectivity index (χ0) is 7.28. The SMILES string of the molecule is CN(C)CCN[SiH](Cl)Cl. The summed E-state index contributed by atoms with van der Waals surface area (Å²) in [6.45, 7) is 1.87. The molecule has 0 aliphatic heterocycles. The average molecular weight is 187 g/mol. The summed E-state index contributed by atoms with van der Waals surface area (Å²) in [4.78, 5) is 5.09. The van der Waals surface area contributed by atoms with Crippen molar-refractivity contribution in [1.29, 1.82) is 0 Å². The van der Waals surface area contributed by atoms with E-state index in [-0.39, 0.29) is 0 Å². The van der Waals surface area contributed by atoms with Crippen LogP contribution >= 0.6 is 22.2 Å². The van der Waals surface area contributed by atoms with E-state index >= 15 is 0 Å². The molecule has 0 atom stereocenters. The molecule has 0 amide bonds. The van der Waals surface area contributed by atoms with Crippen LogP contribution in [0.4, 0.5) is 0 Å². The fourth-order valence-electron chi connectivity index (χ4n) is 0.397. The molecule has 0 unspecified atom stereocenters. The highest BCUT2D eigenvalue weighted by Gasteiger charge is 1.98. The Balaban J connectivity index is 2.91. The van der Waals surface area contributed by atoms with Gasteiger partial charge in [-0.3, -0.25) is 0 Å². The fourth-order valence-corrected chi connectivity index (χ4v) is 1.40. The first-order chi connectivity index (χ1) is 4.13. The van der Waals surface area contributed by atoms with E-state index in [4.69, 9.17) is 22.2 Å². The van der Waals surface area contributed by atoms with Gasteiger partial charge < -0.3 is 9.88 Å². The van der Waals surface area contributed by atoms with E-state index < -0.39 is 7.58 Å². The molecule has 2 nitrogen and oxygen atoms in total. The zero-order valence-electron chi connectivity index (χ0n) is 5.69. The Morgan fingerprint density at radius 2 is 2.00 bits per heavy atom. The number of nitrogens with one attached hydrogen (secondary N) is 1. The van der Waals surface area contributed by atoms with Crippen LogP contribution in [0.15, 0.2) is 0 Å². The second-order valence-corrected chi connectivity index (χ2v) is 6.36. The molecule has 0 aromatic rings. The lowest BCUT2D eigenvalue weighted by Crippen LogP contribution is -2.31.